The van der Waals surface area contributed by atoms with Crippen LogP contribution in [0.25, 0.3) is 11.1 Å². The second-order valence-electron chi connectivity index (χ2n) is 6.88. The maximum atomic E-state index is 14.0. The number of carbonyl (C=O) groups is 1. The molecule has 0 saturated heterocycles. The fourth-order valence-electron chi connectivity index (χ4n) is 3.32. The second kappa shape index (κ2) is 9.26. The standard InChI is InChI=1S/C21H25ClFNO2/c1-2-9-21(13-25,14-26)12-18(24)10-15-3-5-16(6-4-15)19-11-17(22)7-8-20(19)23/h3-8,11,13,18,26H,2,9-10,12,14,24H2,1H3. The van der Waals surface area contributed by atoms with Gasteiger partial charge in [-0.2, -0.15) is 0 Å². The van der Waals surface area contributed by atoms with E-state index in [2.05, 4.69) is 0 Å². The average Bonchev–Trinajstić information content (AvgIpc) is 2.64. The van der Waals surface area contributed by atoms with Crippen molar-refractivity contribution in [1.29, 1.82) is 0 Å². The Bertz CT molecular complexity index is 735. The average molecular weight is 378 g/mol. The van der Waals surface area contributed by atoms with Crippen LogP contribution in [0.4, 0.5) is 4.39 Å². The third-order valence-corrected chi connectivity index (χ3v) is 4.91. The van der Waals surface area contributed by atoms with Crippen LogP contribution < -0.4 is 5.73 Å². The summed E-state index contributed by atoms with van der Waals surface area (Å²) >= 11 is 5.95. The largest absolute Gasteiger partial charge is 0.395 e. The molecule has 0 amide bonds. The van der Waals surface area contributed by atoms with E-state index in [4.69, 9.17) is 17.3 Å². The van der Waals surface area contributed by atoms with Crippen molar-refractivity contribution in [2.75, 3.05) is 6.61 Å². The van der Waals surface area contributed by atoms with Crippen LogP contribution in [0.15, 0.2) is 42.5 Å². The van der Waals surface area contributed by atoms with Crippen LogP contribution in [0, 0.1) is 11.2 Å². The minimum Gasteiger partial charge on any atom is -0.395 e. The topological polar surface area (TPSA) is 63.3 Å². The first-order valence-corrected chi connectivity index (χ1v) is 9.18. The molecule has 2 aromatic carbocycles. The van der Waals surface area contributed by atoms with Crippen molar-refractivity contribution in [3.05, 3.63) is 58.9 Å². The first-order chi connectivity index (χ1) is 12.4. The van der Waals surface area contributed by atoms with E-state index in [0.717, 1.165) is 23.8 Å². The molecule has 2 aromatic rings. The zero-order valence-corrected chi connectivity index (χ0v) is 15.7. The van der Waals surface area contributed by atoms with E-state index in [1.165, 1.54) is 12.1 Å². The molecule has 3 nitrogen and oxygen atoms in total. The number of halogens is 2. The van der Waals surface area contributed by atoms with Gasteiger partial charge in [0.1, 0.15) is 12.1 Å². The third kappa shape index (κ3) is 5.13. The van der Waals surface area contributed by atoms with Gasteiger partial charge in [0.2, 0.25) is 0 Å². The lowest BCUT2D eigenvalue weighted by Gasteiger charge is -2.28. The number of hydrogen-bond acceptors (Lipinski definition) is 3. The molecular weight excluding hydrogens is 353 g/mol. The Balaban J connectivity index is 2.09. The molecule has 0 aliphatic rings. The number of aliphatic hydroxyl groups excluding tert-OH is 1. The number of carbonyl (C=O) groups excluding carboxylic acids is 1. The van der Waals surface area contributed by atoms with Crippen molar-refractivity contribution in [3.8, 4) is 11.1 Å². The summed E-state index contributed by atoms with van der Waals surface area (Å²) in [5, 5.41) is 10.1. The van der Waals surface area contributed by atoms with E-state index in [1.54, 1.807) is 6.07 Å². The fraction of sp³-hybridized carbons (Fsp3) is 0.381. The third-order valence-electron chi connectivity index (χ3n) is 4.67. The van der Waals surface area contributed by atoms with Crippen LogP contribution in [0.2, 0.25) is 5.02 Å². The fourth-order valence-corrected chi connectivity index (χ4v) is 3.50. The Morgan fingerprint density at radius 1 is 1.27 bits per heavy atom. The van der Waals surface area contributed by atoms with E-state index >= 15 is 0 Å². The molecule has 0 aromatic heterocycles. The normalized spacial score (nSPS) is 14.7. The van der Waals surface area contributed by atoms with Gasteiger partial charge in [-0.3, -0.25) is 0 Å². The van der Waals surface area contributed by atoms with Gasteiger partial charge in [-0.15, -0.1) is 0 Å². The van der Waals surface area contributed by atoms with Gasteiger partial charge < -0.3 is 15.6 Å². The van der Waals surface area contributed by atoms with Crippen molar-refractivity contribution < 1.29 is 14.3 Å². The monoisotopic (exact) mass is 377 g/mol. The zero-order valence-electron chi connectivity index (χ0n) is 14.9. The summed E-state index contributed by atoms with van der Waals surface area (Å²) in [4.78, 5) is 11.4. The van der Waals surface area contributed by atoms with Gasteiger partial charge >= 0.3 is 0 Å². The van der Waals surface area contributed by atoms with Crippen LogP contribution in [0.5, 0.6) is 0 Å². The Morgan fingerprint density at radius 2 is 1.96 bits per heavy atom. The quantitative estimate of drug-likeness (QED) is 0.637. The van der Waals surface area contributed by atoms with E-state index in [1.807, 2.05) is 31.2 Å². The molecule has 0 heterocycles. The molecule has 2 atom stereocenters. The number of aliphatic hydroxyl groups is 1. The van der Waals surface area contributed by atoms with Crippen molar-refractivity contribution in [3.63, 3.8) is 0 Å². The summed E-state index contributed by atoms with van der Waals surface area (Å²) in [6.45, 7) is 1.79. The predicted molar refractivity (Wildman–Crippen MR) is 104 cm³/mol. The van der Waals surface area contributed by atoms with Crippen molar-refractivity contribution in [2.24, 2.45) is 11.1 Å². The number of rotatable bonds is 9. The van der Waals surface area contributed by atoms with Gasteiger partial charge in [-0.25, -0.2) is 4.39 Å². The van der Waals surface area contributed by atoms with Crippen LogP contribution in [-0.2, 0) is 11.2 Å². The summed E-state index contributed by atoms with van der Waals surface area (Å²) in [7, 11) is 0. The summed E-state index contributed by atoms with van der Waals surface area (Å²) in [5.74, 6) is -0.322. The molecule has 2 unspecified atom stereocenters. The number of aldehydes is 1. The molecular formula is C21H25ClFNO2. The highest BCUT2D eigenvalue weighted by atomic mass is 35.5. The Hall–Kier alpha value is -1.75. The van der Waals surface area contributed by atoms with E-state index in [0.29, 0.717) is 29.8 Å². The van der Waals surface area contributed by atoms with Crippen molar-refractivity contribution in [2.45, 2.75) is 38.6 Å². The highest BCUT2D eigenvalue weighted by Crippen LogP contribution is 2.29. The molecule has 3 N–H and O–H groups in total. The first-order valence-electron chi connectivity index (χ1n) is 8.80. The summed E-state index contributed by atoms with van der Waals surface area (Å²) in [5.41, 5.74) is 7.65. The second-order valence-corrected chi connectivity index (χ2v) is 7.31. The molecule has 2 rings (SSSR count). The molecule has 0 fully saturated rings. The van der Waals surface area contributed by atoms with Gasteiger partial charge in [0, 0.05) is 16.6 Å². The SMILES string of the molecule is CCCC(C=O)(CO)CC(N)Cc1ccc(-c2cc(Cl)ccc2F)cc1. The number of nitrogens with two attached hydrogens (primary N) is 1. The lowest BCUT2D eigenvalue weighted by molar-refractivity contribution is -0.119. The maximum Gasteiger partial charge on any atom is 0.131 e. The summed E-state index contributed by atoms with van der Waals surface area (Å²) < 4.78 is 14.0. The van der Waals surface area contributed by atoms with E-state index < -0.39 is 5.41 Å². The zero-order chi connectivity index (χ0) is 19.2. The Labute approximate surface area is 159 Å². The van der Waals surface area contributed by atoms with Crippen LogP contribution in [0.3, 0.4) is 0 Å². The minimum absolute atomic E-state index is 0.189. The van der Waals surface area contributed by atoms with Crippen molar-refractivity contribution in [1.82, 2.24) is 0 Å². The highest BCUT2D eigenvalue weighted by molar-refractivity contribution is 6.30. The predicted octanol–water partition coefficient (Wildman–Crippen LogP) is 4.38. The lowest BCUT2D eigenvalue weighted by atomic mass is 9.79. The Kier molecular flexibility index (Phi) is 7.33. The summed E-state index contributed by atoms with van der Waals surface area (Å²) in [6.07, 6.45) is 3.28. The number of benzene rings is 2. The van der Waals surface area contributed by atoms with Gasteiger partial charge in [-0.1, -0.05) is 49.2 Å². The van der Waals surface area contributed by atoms with Gasteiger partial charge in [0.25, 0.3) is 0 Å². The smallest absolute Gasteiger partial charge is 0.131 e. The highest BCUT2D eigenvalue weighted by Gasteiger charge is 2.30. The molecule has 0 spiro atoms. The van der Waals surface area contributed by atoms with Gasteiger partial charge in [-0.05, 0) is 48.6 Å². The van der Waals surface area contributed by atoms with Crippen LogP contribution >= 0.6 is 11.6 Å². The maximum absolute atomic E-state index is 14.0. The number of hydrogen-bond donors (Lipinski definition) is 2. The van der Waals surface area contributed by atoms with Crippen molar-refractivity contribution >= 4 is 17.9 Å². The summed E-state index contributed by atoms with van der Waals surface area (Å²) in [6, 6.07) is 11.7. The van der Waals surface area contributed by atoms with Gasteiger partial charge in [0.15, 0.2) is 0 Å². The minimum atomic E-state index is -0.766. The lowest BCUT2D eigenvalue weighted by Crippen LogP contribution is -2.36. The van der Waals surface area contributed by atoms with Crippen LogP contribution in [-0.4, -0.2) is 24.0 Å². The molecule has 0 radical (unpaired) electrons. The Morgan fingerprint density at radius 3 is 2.54 bits per heavy atom. The molecule has 0 aliphatic heterocycles. The molecule has 0 saturated carbocycles. The first kappa shape index (κ1) is 20.6. The molecule has 26 heavy (non-hydrogen) atoms. The molecule has 5 heteroatoms. The van der Waals surface area contributed by atoms with Crippen LogP contribution in [0.1, 0.15) is 31.7 Å². The van der Waals surface area contributed by atoms with Gasteiger partial charge in [0.05, 0.1) is 12.0 Å². The van der Waals surface area contributed by atoms with E-state index in [-0.39, 0.29) is 18.5 Å². The van der Waals surface area contributed by atoms with E-state index in [9.17, 15) is 14.3 Å². The molecule has 0 aliphatic carbocycles. The molecule has 140 valence electrons. The molecule has 0 bridgehead atoms.